The van der Waals surface area contributed by atoms with Crippen LogP contribution in [0.15, 0.2) is 12.1 Å². The molecule has 0 saturated carbocycles. The molecule has 1 heterocycles. The SMILES string of the molecule is CCCCC(CC)COc1ccc(CNC(C)C)c(C)n1. The van der Waals surface area contributed by atoms with E-state index in [0.29, 0.717) is 12.0 Å². The van der Waals surface area contributed by atoms with Crippen molar-refractivity contribution in [2.45, 2.75) is 72.9 Å². The van der Waals surface area contributed by atoms with E-state index >= 15 is 0 Å². The Bertz CT molecular complexity index is 404. The van der Waals surface area contributed by atoms with Crippen molar-refractivity contribution in [3.05, 3.63) is 23.4 Å². The van der Waals surface area contributed by atoms with Gasteiger partial charge in [0, 0.05) is 24.3 Å². The first kappa shape index (κ1) is 18.0. The first-order valence-electron chi connectivity index (χ1n) is 8.39. The molecule has 3 heteroatoms. The van der Waals surface area contributed by atoms with Crippen molar-refractivity contribution in [1.29, 1.82) is 0 Å². The number of pyridine rings is 1. The van der Waals surface area contributed by atoms with Crippen LogP contribution in [-0.2, 0) is 6.54 Å². The van der Waals surface area contributed by atoms with Gasteiger partial charge in [0.2, 0.25) is 5.88 Å². The average Bonchev–Trinajstić information content (AvgIpc) is 2.46. The lowest BCUT2D eigenvalue weighted by Crippen LogP contribution is -2.22. The van der Waals surface area contributed by atoms with E-state index in [1.807, 2.05) is 6.07 Å². The minimum Gasteiger partial charge on any atom is -0.477 e. The highest BCUT2D eigenvalue weighted by molar-refractivity contribution is 5.24. The second kappa shape index (κ2) is 9.78. The number of unbranched alkanes of at least 4 members (excludes halogenated alkanes) is 1. The molecule has 1 N–H and O–H groups in total. The van der Waals surface area contributed by atoms with Crippen LogP contribution in [0.4, 0.5) is 0 Å². The smallest absolute Gasteiger partial charge is 0.213 e. The molecular formula is C18H32N2O. The molecule has 0 radical (unpaired) electrons. The van der Waals surface area contributed by atoms with Crippen LogP contribution in [0.3, 0.4) is 0 Å². The minimum atomic E-state index is 0.490. The summed E-state index contributed by atoms with van der Waals surface area (Å²) in [5.74, 6) is 1.41. The average molecular weight is 292 g/mol. The standard InChI is InChI=1S/C18H32N2O/c1-6-8-9-16(7-2)13-21-18-11-10-17(15(5)20-18)12-19-14(3)4/h10-11,14,16,19H,6-9,12-13H2,1-5H3. The molecule has 120 valence electrons. The lowest BCUT2D eigenvalue weighted by Gasteiger charge is -2.16. The van der Waals surface area contributed by atoms with E-state index in [1.54, 1.807) is 0 Å². The quantitative estimate of drug-likeness (QED) is 0.690. The molecule has 0 aliphatic carbocycles. The predicted molar refractivity (Wildman–Crippen MR) is 89.8 cm³/mol. The molecule has 0 spiro atoms. The van der Waals surface area contributed by atoms with E-state index in [-0.39, 0.29) is 0 Å². The predicted octanol–water partition coefficient (Wildman–Crippen LogP) is 4.48. The first-order valence-corrected chi connectivity index (χ1v) is 8.39. The highest BCUT2D eigenvalue weighted by Gasteiger charge is 2.08. The molecule has 0 fully saturated rings. The van der Waals surface area contributed by atoms with Crippen molar-refractivity contribution < 1.29 is 4.74 Å². The Morgan fingerprint density at radius 2 is 2.00 bits per heavy atom. The Morgan fingerprint density at radius 1 is 1.24 bits per heavy atom. The Morgan fingerprint density at radius 3 is 2.57 bits per heavy atom. The molecule has 1 rings (SSSR count). The van der Waals surface area contributed by atoms with Crippen LogP contribution in [0, 0.1) is 12.8 Å². The van der Waals surface area contributed by atoms with Gasteiger partial charge in [0.25, 0.3) is 0 Å². The fraction of sp³-hybridized carbons (Fsp3) is 0.722. The van der Waals surface area contributed by atoms with Gasteiger partial charge in [0.1, 0.15) is 0 Å². The number of hydrogen-bond acceptors (Lipinski definition) is 3. The third-order valence-electron chi connectivity index (χ3n) is 3.88. The molecule has 1 aromatic heterocycles. The second-order valence-corrected chi connectivity index (χ2v) is 6.16. The maximum Gasteiger partial charge on any atom is 0.213 e. The van der Waals surface area contributed by atoms with Gasteiger partial charge in [-0.1, -0.05) is 53.0 Å². The molecule has 21 heavy (non-hydrogen) atoms. The maximum absolute atomic E-state index is 5.89. The van der Waals surface area contributed by atoms with Crippen LogP contribution in [0.5, 0.6) is 5.88 Å². The summed E-state index contributed by atoms with van der Waals surface area (Å²) in [6.07, 6.45) is 4.97. The van der Waals surface area contributed by atoms with E-state index in [9.17, 15) is 0 Å². The molecule has 0 aliphatic heterocycles. The van der Waals surface area contributed by atoms with Gasteiger partial charge in [0.15, 0.2) is 0 Å². The summed E-state index contributed by atoms with van der Waals surface area (Å²) >= 11 is 0. The first-order chi connectivity index (χ1) is 10.1. The normalized spacial score (nSPS) is 12.7. The Balaban J connectivity index is 2.50. The zero-order valence-electron chi connectivity index (χ0n) is 14.4. The topological polar surface area (TPSA) is 34.1 Å². The van der Waals surface area contributed by atoms with Gasteiger partial charge < -0.3 is 10.1 Å². The van der Waals surface area contributed by atoms with Crippen molar-refractivity contribution in [3.8, 4) is 5.88 Å². The summed E-state index contributed by atoms with van der Waals surface area (Å²) in [5, 5.41) is 3.42. The molecule has 0 saturated heterocycles. The van der Waals surface area contributed by atoms with Crippen LogP contribution >= 0.6 is 0 Å². The van der Waals surface area contributed by atoms with Crippen molar-refractivity contribution in [2.75, 3.05) is 6.61 Å². The zero-order chi connectivity index (χ0) is 15.7. The summed E-state index contributed by atoms with van der Waals surface area (Å²) in [4.78, 5) is 4.58. The van der Waals surface area contributed by atoms with Gasteiger partial charge in [-0.05, 0) is 24.8 Å². The fourth-order valence-corrected chi connectivity index (χ4v) is 2.25. The van der Waals surface area contributed by atoms with Crippen LogP contribution in [0.1, 0.15) is 64.6 Å². The largest absolute Gasteiger partial charge is 0.477 e. The summed E-state index contributed by atoms with van der Waals surface area (Å²) in [6.45, 7) is 12.5. The van der Waals surface area contributed by atoms with E-state index in [2.05, 4.69) is 51.0 Å². The molecule has 0 aromatic carbocycles. The fourth-order valence-electron chi connectivity index (χ4n) is 2.25. The number of aryl methyl sites for hydroxylation is 1. The minimum absolute atomic E-state index is 0.490. The summed E-state index contributed by atoms with van der Waals surface area (Å²) < 4.78 is 5.89. The Hall–Kier alpha value is -1.09. The summed E-state index contributed by atoms with van der Waals surface area (Å²) in [6, 6.07) is 4.61. The third kappa shape index (κ3) is 6.94. The van der Waals surface area contributed by atoms with Crippen molar-refractivity contribution in [3.63, 3.8) is 0 Å². The second-order valence-electron chi connectivity index (χ2n) is 6.16. The van der Waals surface area contributed by atoms with E-state index in [0.717, 1.165) is 24.7 Å². The molecule has 3 nitrogen and oxygen atoms in total. The van der Waals surface area contributed by atoms with Gasteiger partial charge in [-0.3, -0.25) is 0 Å². The third-order valence-corrected chi connectivity index (χ3v) is 3.88. The molecule has 1 unspecified atom stereocenters. The van der Waals surface area contributed by atoms with Gasteiger partial charge in [-0.15, -0.1) is 0 Å². The van der Waals surface area contributed by atoms with Gasteiger partial charge in [-0.25, -0.2) is 4.98 Å². The summed E-state index contributed by atoms with van der Waals surface area (Å²) in [7, 11) is 0. The highest BCUT2D eigenvalue weighted by Crippen LogP contribution is 2.17. The number of nitrogens with zero attached hydrogens (tertiary/aromatic N) is 1. The van der Waals surface area contributed by atoms with Crippen LogP contribution < -0.4 is 10.1 Å². The van der Waals surface area contributed by atoms with E-state index < -0.39 is 0 Å². The van der Waals surface area contributed by atoms with Crippen molar-refractivity contribution in [2.24, 2.45) is 5.92 Å². The van der Waals surface area contributed by atoms with Crippen molar-refractivity contribution in [1.82, 2.24) is 10.3 Å². The van der Waals surface area contributed by atoms with Crippen LogP contribution in [0.2, 0.25) is 0 Å². The number of hydrogen-bond donors (Lipinski definition) is 1. The zero-order valence-corrected chi connectivity index (χ0v) is 14.4. The Kier molecular flexibility index (Phi) is 8.36. The van der Waals surface area contributed by atoms with E-state index in [4.69, 9.17) is 4.74 Å². The lowest BCUT2D eigenvalue weighted by atomic mass is 10.0. The highest BCUT2D eigenvalue weighted by atomic mass is 16.5. The van der Waals surface area contributed by atoms with Gasteiger partial charge in [-0.2, -0.15) is 0 Å². The Labute approximate surface area is 130 Å². The molecule has 1 aromatic rings. The molecule has 0 bridgehead atoms. The number of ether oxygens (including phenoxy) is 1. The molecule has 1 atom stereocenters. The number of nitrogens with one attached hydrogen (secondary N) is 1. The van der Waals surface area contributed by atoms with Crippen molar-refractivity contribution >= 4 is 0 Å². The lowest BCUT2D eigenvalue weighted by molar-refractivity contribution is 0.225. The molecular weight excluding hydrogens is 260 g/mol. The van der Waals surface area contributed by atoms with Gasteiger partial charge >= 0.3 is 0 Å². The maximum atomic E-state index is 5.89. The van der Waals surface area contributed by atoms with Gasteiger partial charge in [0.05, 0.1) is 6.61 Å². The van der Waals surface area contributed by atoms with Crippen LogP contribution in [-0.4, -0.2) is 17.6 Å². The number of rotatable bonds is 10. The molecule has 0 aliphatic rings. The summed E-state index contributed by atoms with van der Waals surface area (Å²) in [5.41, 5.74) is 2.30. The number of aromatic nitrogens is 1. The molecule has 0 amide bonds. The van der Waals surface area contributed by atoms with E-state index in [1.165, 1.54) is 31.2 Å². The monoisotopic (exact) mass is 292 g/mol. The van der Waals surface area contributed by atoms with Crippen LogP contribution in [0.25, 0.3) is 0 Å².